The van der Waals surface area contributed by atoms with Crippen molar-refractivity contribution in [3.63, 3.8) is 0 Å². The third-order valence-corrected chi connectivity index (χ3v) is 4.53. The number of para-hydroxylation sites is 2. The maximum Gasteiger partial charge on any atom is 0.239 e. The number of amides is 2. The number of hydrogen-bond acceptors (Lipinski definition) is 4. The van der Waals surface area contributed by atoms with Crippen molar-refractivity contribution in [2.24, 2.45) is 0 Å². The number of carbonyl (C=O) groups excluding carboxylic acids is 2. The van der Waals surface area contributed by atoms with Gasteiger partial charge in [0.05, 0.1) is 29.0 Å². The zero-order valence-corrected chi connectivity index (χ0v) is 13.0. The minimum absolute atomic E-state index is 0.0463. The van der Waals surface area contributed by atoms with Gasteiger partial charge in [0.15, 0.2) is 0 Å². The second-order valence-corrected chi connectivity index (χ2v) is 6.15. The van der Waals surface area contributed by atoms with Gasteiger partial charge in [-0.25, -0.2) is 4.98 Å². The van der Waals surface area contributed by atoms with Crippen molar-refractivity contribution < 1.29 is 9.59 Å². The fraction of sp³-hybridized carbons (Fsp3) is 0.400. The van der Waals surface area contributed by atoms with Crippen LogP contribution in [-0.4, -0.2) is 51.0 Å². The molecule has 0 aliphatic carbocycles. The Morgan fingerprint density at radius 1 is 1.36 bits per heavy atom. The molecule has 1 fully saturated rings. The molecule has 0 atom stereocenters. The Bertz CT molecular complexity index is 685. The van der Waals surface area contributed by atoms with Crippen LogP contribution in [0.1, 0.15) is 6.42 Å². The Morgan fingerprint density at radius 2 is 2.23 bits per heavy atom. The van der Waals surface area contributed by atoms with Crippen LogP contribution in [-0.2, 0) is 16.1 Å². The summed E-state index contributed by atoms with van der Waals surface area (Å²) in [4.78, 5) is 29.1. The summed E-state index contributed by atoms with van der Waals surface area (Å²) < 4.78 is 2.09. The summed E-state index contributed by atoms with van der Waals surface area (Å²) in [5, 5.41) is 2.86. The summed E-state index contributed by atoms with van der Waals surface area (Å²) in [6.07, 6.45) is 2.65. The molecule has 7 heteroatoms. The summed E-state index contributed by atoms with van der Waals surface area (Å²) in [6.45, 7) is 1.57. The molecule has 1 N–H and O–H groups in total. The van der Waals surface area contributed by atoms with Crippen molar-refractivity contribution in [3.8, 4) is 0 Å². The van der Waals surface area contributed by atoms with Crippen LogP contribution < -0.4 is 5.32 Å². The largest absolute Gasteiger partial charge is 0.354 e. The van der Waals surface area contributed by atoms with E-state index in [9.17, 15) is 9.59 Å². The van der Waals surface area contributed by atoms with Crippen LogP contribution in [0.3, 0.4) is 0 Å². The van der Waals surface area contributed by atoms with Gasteiger partial charge in [-0.1, -0.05) is 12.1 Å². The number of carbonyl (C=O) groups is 2. The maximum absolute atomic E-state index is 11.8. The number of aryl methyl sites for hydroxylation is 1. The summed E-state index contributed by atoms with van der Waals surface area (Å²) in [6, 6.07) is 7.99. The van der Waals surface area contributed by atoms with Crippen LogP contribution in [0.4, 0.5) is 0 Å². The lowest BCUT2D eigenvalue weighted by atomic mass is 10.3. The molecule has 2 aromatic rings. The van der Waals surface area contributed by atoms with E-state index in [1.807, 2.05) is 30.6 Å². The van der Waals surface area contributed by atoms with Gasteiger partial charge < -0.3 is 14.8 Å². The molecule has 1 aromatic carbocycles. The molecule has 1 aliphatic rings. The zero-order valence-electron chi connectivity index (χ0n) is 12.2. The molecule has 0 unspecified atom stereocenters. The van der Waals surface area contributed by atoms with Crippen LogP contribution in [0.2, 0.25) is 0 Å². The number of nitrogens with zero attached hydrogens (tertiary/aromatic N) is 3. The van der Waals surface area contributed by atoms with Crippen molar-refractivity contribution in [2.75, 3.05) is 24.7 Å². The summed E-state index contributed by atoms with van der Waals surface area (Å²) in [5.74, 6) is 1.06. The highest BCUT2D eigenvalue weighted by Gasteiger charge is 2.22. The average molecular weight is 318 g/mol. The summed E-state index contributed by atoms with van der Waals surface area (Å²) in [5.41, 5.74) is 2.09. The first-order valence-corrected chi connectivity index (χ1v) is 8.41. The van der Waals surface area contributed by atoms with Crippen molar-refractivity contribution in [1.82, 2.24) is 19.8 Å². The van der Waals surface area contributed by atoms with Gasteiger partial charge in [-0.15, -0.1) is 11.8 Å². The SMILES string of the molecule is O=C(CN1CSCC1=O)NCCCn1cnc2ccccc21. The first-order chi connectivity index (χ1) is 10.7. The van der Waals surface area contributed by atoms with E-state index in [0.717, 1.165) is 24.0 Å². The Kier molecular flexibility index (Phi) is 4.62. The Balaban J connectivity index is 1.42. The molecule has 2 amide bonds. The zero-order chi connectivity index (χ0) is 15.4. The molecule has 0 bridgehead atoms. The molecule has 1 aliphatic heterocycles. The van der Waals surface area contributed by atoms with Gasteiger partial charge in [0.25, 0.3) is 0 Å². The van der Waals surface area contributed by atoms with E-state index >= 15 is 0 Å². The molecule has 2 heterocycles. The van der Waals surface area contributed by atoms with E-state index in [0.29, 0.717) is 18.2 Å². The third-order valence-electron chi connectivity index (χ3n) is 3.59. The van der Waals surface area contributed by atoms with Crippen molar-refractivity contribution >= 4 is 34.6 Å². The predicted octanol–water partition coefficient (Wildman–Crippen LogP) is 1.08. The van der Waals surface area contributed by atoms with Gasteiger partial charge in [0.1, 0.15) is 6.54 Å². The molecule has 0 spiro atoms. The quantitative estimate of drug-likeness (QED) is 0.809. The van der Waals surface area contributed by atoms with Crippen molar-refractivity contribution in [1.29, 1.82) is 0 Å². The number of aromatic nitrogens is 2. The summed E-state index contributed by atoms with van der Waals surface area (Å²) in [7, 11) is 0. The predicted molar refractivity (Wildman–Crippen MR) is 86.4 cm³/mol. The van der Waals surface area contributed by atoms with E-state index in [1.54, 1.807) is 16.7 Å². The van der Waals surface area contributed by atoms with Crippen LogP contribution >= 0.6 is 11.8 Å². The van der Waals surface area contributed by atoms with E-state index in [1.165, 1.54) is 0 Å². The van der Waals surface area contributed by atoms with Gasteiger partial charge in [0.2, 0.25) is 11.8 Å². The normalized spacial score (nSPS) is 14.7. The van der Waals surface area contributed by atoms with E-state index < -0.39 is 0 Å². The lowest BCUT2D eigenvalue weighted by Crippen LogP contribution is -2.38. The molecule has 0 saturated carbocycles. The van der Waals surface area contributed by atoms with Gasteiger partial charge >= 0.3 is 0 Å². The number of hydrogen-bond donors (Lipinski definition) is 1. The Hall–Kier alpha value is -2.02. The van der Waals surface area contributed by atoms with Crippen molar-refractivity contribution in [2.45, 2.75) is 13.0 Å². The highest BCUT2D eigenvalue weighted by atomic mass is 32.2. The van der Waals surface area contributed by atoms with Crippen LogP contribution in [0.15, 0.2) is 30.6 Å². The van der Waals surface area contributed by atoms with Gasteiger partial charge in [0, 0.05) is 13.1 Å². The molecule has 22 heavy (non-hydrogen) atoms. The third kappa shape index (κ3) is 3.41. The number of imidazole rings is 1. The van der Waals surface area contributed by atoms with Gasteiger partial charge in [-0.05, 0) is 18.6 Å². The second kappa shape index (κ2) is 6.83. The van der Waals surface area contributed by atoms with Gasteiger partial charge in [-0.3, -0.25) is 9.59 Å². The molecule has 6 nitrogen and oxygen atoms in total. The fourth-order valence-corrected chi connectivity index (χ4v) is 3.34. The molecule has 1 saturated heterocycles. The van der Waals surface area contributed by atoms with E-state index in [4.69, 9.17) is 0 Å². The average Bonchev–Trinajstić information content (AvgIpc) is 3.11. The molecule has 0 radical (unpaired) electrons. The monoisotopic (exact) mass is 318 g/mol. The smallest absolute Gasteiger partial charge is 0.239 e. The van der Waals surface area contributed by atoms with E-state index in [2.05, 4.69) is 14.9 Å². The molecule has 3 rings (SSSR count). The lowest BCUT2D eigenvalue weighted by molar-refractivity contribution is -0.132. The number of benzene rings is 1. The number of fused-ring (bicyclic) bond motifs is 1. The minimum Gasteiger partial charge on any atom is -0.354 e. The van der Waals surface area contributed by atoms with Crippen LogP contribution in [0.25, 0.3) is 11.0 Å². The molecule has 116 valence electrons. The van der Waals surface area contributed by atoms with E-state index in [-0.39, 0.29) is 18.4 Å². The first-order valence-electron chi connectivity index (χ1n) is 7.26. The molecular weight excluding hydrogens is 300 g/mol. The second-order valence-electron chi connectivity index (χ2n) is 5.20. The highest BCUT2D eigenvalue weighted by Crippen LogP contribution is 2.14. The van der Waals surface area contributed by atoms with Crippen LogP contribution in [0.5, 0.6) is 0 Å². The maximum atomic E-state index is 11.8. The highest BCUT2D eigenvalue weighted by molar-refractivity contribution is 8.00. The summed E-state index contributed by atoms with van der Waals surface area (Å²) >= 11 is 1.55. The molecular formula is C15H18N4O2S. The first kappa shape index (κ1) is 14.9. The minimum atomic E-state index is -0.0914. The standard InChI is InChI=1S/C15H18N4O2S/c20-14(8-19-11-22-9-15(19)21)16-6-3-7-18-10-17-12-4-1-2-5-13(12)18/h1-2,4-5,10H,3,6-9,11H2,(H,16,20). The fourth-order valence-electron chi connectivity index (χ4n) is 2.44. The Labute approximate surface area is 132 Å². The molecule has 1 aromatic heterocycles. The Morgan fingerprint density at radius 3 is 3.05 bits per heavy atom. The lowest BCUT2D eigenvalue weighted by Gasteiger charge is -2.14. The van der Waals surface area contributed by atoms with Crippen molar-refractivity contribution in [3.05, 3.63) is 30.6 Å². The number of rotatable bonds is 6. The number of nitrogens with one attached hydrogen (secondary N) is 1. The topological polar surface area (TPSA) is 67.2 Å². The van der Waals surface area contributed by atoms with Gasteiger partial charge in [-0.2, -0.15) is 0 Å². The number of thioether (sulfide) groups is 1. The van der Waals surface area contributed by atoms with Crippen LogP contribution in [0, 0.1) is 0 Å².